The monoisotopic (exact) mass is 490 g/mol. The van der Waals surface area contributed by atoms with Crippen LogP contribution in [0.25, 0.3) is 11.3 Å². The van der Waals surface area contributed by atoms with Crippen LogP contribution in [-0.4, -0.2) is 33.4 Å². The third-order valence-electron chi connectivity index (χ3n) is 5.28. The number of hydrogen-bond acceptors (Lipinski definition) is 5. The van der Waals surface area contributed by atoms with Gasteiger partial charge in [-0.1, -0.05) is 35.3 Å². The number of thiazole rings is 1. The number of carbonyl (C=O) groups is 1. The van der Waals surface area contributed by atoms with Crippen molar-refractivity contribution in [3.8, 4) is 11.3 Å². The molecule has 1 aliphatic rings. The minimum atomic E-state index is -0.440. The van der Waals surface area contributed by atoms with Crippen LogP contribution in [0.1, 0.15) is 19.3 Å². The lowest BCUT2D eigenvalue weighted by Gasteiger charge is -2.16. The maximum Gasteiger partial charge on any atom is 0.294 e. The highest BCUT2D eigenvalue weighted by Gasteiger charge is 2.20. The van der Waals surface area contributed by atoms with Crippen molar-refractivity contribution in [2.75, 3.05) is 13.1 Å². The maximum absolute atomic E-state index is 12.0. The highest BCUT2D eigenvalue weighted by atomic mass is 35.5. The molecule has 1 aromatic heterocycles. The number of rotatable bonds is 7. The van der Waals surface area contributed by atoms with Crippen LogP contribution in [0.4, 0.5) is 11.4 Å². The Balaban J connectivity index is 1.75. The molecule has 1 aliphatic heterocycles. The lowest BCUT2D eigenvalue weighted by atomic mass is 10.1. The SMILES string of the molecule is O=C1CCCN1CCCn1c(-c2cc(Cl)ccc2Cl)csc1=Nc1ccccc1[N+](=O)[O-]. The Morgan fingerprint density at radius 3 is 2.72 bits per heavy atom. The smallest absolute Gasteiger partial charge is 0.294 e. The number of halogens is 2. The lowest BCUT2D eigenvalue weighted by molar-refractivity contribution is -0.384. The fraction of sp³-hybridized carbons (Fsp3) is 0.273. The minimum Gasteiger partial charge on any atom is -0.343 e. The summed E-state index contributed by atoms with van der Waals surface area (Å²) in [5.74, 6) is 0.184. The lowest BCUT2D eigenvalue weighted by Crippen LogP contribution is -2.27. The van der Waals surface area contributed by atoms with E-state index in [1.54, 1.807) is 36.4 Å². The van der Waals surface area contributed by atoms with Crippen LogP contribution < -0.4 is 4.80 Å². The van der Waals surface area contributed by atoms with E-state index in [0.717, 1.165) is 30.6 Å². The molecule has 3 aromatic rings. The Morgan fingerprint density at radius 2 is 1.97 bits per heavy atom. The van der Waals surface area contributed by atoms with Gasteiger partial charge in [0.05, 0.1) is 15.6 Å². The highest BCUT2D eigenvalue weighted by Crippen LogP contribution is 2.32. The number of likely N-dealkylation sites (tertiary alicyclic amines) is 1. The van der Waals surface area contributed by atoms with Crippen molar-refractivity contribution in [2.24, 2.45) is 4.99 Å². The first-order chi connectivity index (χ1) is 15.4. The predicted molar refractivity (Wildman–Crippen MR) is 127 cm³/mol. The molecule has 0 aliphatic carbocycles. The Morgan fingerprint density at radius 1 is 1.16 bits per heavy atom. The number of carbonyl (C=O) groups excluding carboxylic acids is 1. The number of nitro groups is 1. The molecule has 0 spiro atoms. The first-order valence-electron chi connectivity index (χ1n) is 10.1. The largest absolute Gasteiger partial charge is 0.343 e. The van der Waals surface area contributed by atoms with E-state index in [1.165, 1.54) is 17.4 Å². The van der Waals surface area contributed by atoms with Gasteiger partial charge in [-0.2, -0.15) is 0 Å². The second-order valence-corrected chi connectivity index (χ2v) is 9.06. The number of hydrogen-bond donors (Lipinski definition) is 0. The number of para-hydroxylation sites is 2. The Hall–Kier alpha value is -2.68. The summed E-state index contributed by atoms with van der Waals surface area (Å²) in [4.78, 5) is 30.0. The van der Waals surface area contributed by atoms with Gasteiger partial charge in [0, 0.05) is 48.1 Å². The van der Waals surface area contributed by atoms with Gasteiger partial charge in [-0.25, -0.2) is 4.99 Å². The van der Waals surface area contributed by atoms with Crippen LogP contribution in [-0.2, 0) is 11.3 Å². The van der Waals surface area contributed by atoms with Gasteiger partial charge in [0.2, 0.25) is 5.91 Å². The molecule has 166 valence electrons. The average molecular weight is 491 g/mol. The first kappa shape index (κ1) is 22.5. The minimum absolute atomic E-state index is 0.0579. The van der Waals surface area contributed by atoms with Crippen molar-refractivity contribution in [3.63, 3.8) is 0 Å². The van der Waals surface area contributed by atoms with Crippen LogP contribution in [0.2, 0.25) is 10.0 Å². The molecule has 32 heavy (non-hydrogen) atoms. The molecule has 1 fully saturated rings. The normalized spacial score (nSPS) is 14.4. The van der Waals surface area contributed by atoms with E-state index in [2.05, 4.69) is 4.99 Å². The fourth-order valence-corrected chi connectivity index (χ4v) is 5.05. The Bertz CT molecular complexity index is 1240. The fourth-order valence-electron chi connectivity index (χ4n) is 3.72. The highest BCUT2D eigenvalue weighted by molar-refractivity contribution is 7.07. The summed E-state index contributed by atoms with van der Waals surface area (Å²) in [6.07, 6.45) is 2.22. The molecule has 0 saturated carbocycles. The van der Waals surface area contributed by atoms with Crippen LogP contribution in [0, 0.1) is 10.1 Å². The number of nitro benzene ring substituents is 1. The second-order valence-electron chi connectivity index (χ2n) is 7.37. The Kier molecular flexibility index (Phi) is 6.93. The summed E-state index contributed by atoms with van der Waals surface area (Å²) >= 11 is 14.0. The van der Waals surface area contributed by atoms with Crippen molar-refractivity contribution in [2.45, 2.75) is 25.8 Å². The quantitative estimate of drug-likeness (QED) is 0.315. The number of benzene rings is 2. The Labute approximate surface area is 198 Å². The van der Waals surface area contributed by atoms with Gasteiger partial charge < -0.3 is 9.47 Å². The summed E-state index contributed by atoms with van der Waals surface area (Å²) in [7, 11) is 0. The third kappa shape index (κ3) is 4.87. The number of nitrogens with zero attached hydrogens (tertiary/aromatic N) is 4. The van der Waals surface area contributed by atoms with E-state index in [0.29, 0.717) is 34.4 Å². The van der Waals surface area contributed by atoms with Gasteiger partial charge in [-0.3, -0.25) is 14.9 Å². The molecule has 0 bridgehead atoms. The molecule has 2 heterocycles. The van der Waals surface area contributed by atoms with Crippen molar-refractivity contribution < 1.29 is 9.72 Å². The molecular weight excluding hydrogens is 471 g/mol. The molecule has 0 unspecified atom stereocenters. The van der Waals surface area contributed by atoms with Gasteiger partial charge in [0.25, 0.3) is 5.69 Å². The predicted octanol–water partition coefficient (Wildman–Crippen LogP) is 5.68. The van der Waals surface area contributed by atoms with Crippen molar-refractivity contribution in [1.82, 2.24) is 9.47 Å². The molecule has 1 amide bonds. The topological polar surface area (TPSA) is 80.7 Å². The average Bonchev–Trinajstić information content (AvgIpc) is 3.36. The third-order valence-corrected chi connectivity index (χ3v) is 6.71. The van der Waals surface area contributed by atoms with Crippen molar-refractivity contribution in [1.29, 1.82) is 0 Å². The van der Waals surface area contributed by atoms with Gasteiger partial charge >= 0.3 is 0 Å². The molecule has 0 N–H and O–H groups in total. The van der Waals surface area contributed by atoms with Crippen molar-refractivity contribution in [3.05, 3.63) is 72.8 Å². The van der Waals surface area contributed by atoms with E-state index in [-0.39, 0.29) is 17.3 Å². The second kappa shape index (κ2) is 9.85. The van der Waals surface area contributed by atoms with E-state index in [9.17, 15) is 14.9 Å². The van der Waals surface area contributed by atoms with E-state index in [1.807, 2.05) is 14.8 Å². The molecule has 0 atom stereocenters. The standard InChI is InChI=1S/C22H20Cl2N4O3S/c23-15-8-9-17(24)16(13-15)20-14-32-22(25-18-5-1-2-6-19(18)28(30)31)27(20)12-4-11-26-10-3-7-21(26)29/h1-2,5-6,8-9,13-14H,3-4,7,10-12H2. The molecule has 7 nitrogen and oxygen atoms in total. The van der Waals surface area contributed by atoms with Gasteiger partial charge in [-0.05, 0) is 37.1 Å². The van der Waals surface area contributed by atoms with Gasteiger partial charge in [-0.15, -0.1) is 11.3 Å². The van der Waals surface area contributed by atoms with Gasteiger partial charge in [0.15, 0.2) is 4.80 Å². The van der Waals surface area contributed by atoms with E-state index < -0.39 is 4.92 Å². The molecule has 4 rings (SSSR count). The summed E-state index contributed by atoms with van der Waals surface area (Å²) in [6.45, 7) is 2.01. The number of aromatic nitrogens is 1. The summed E-state index contributed by atoms with van der Waals surface area (Å²) in [5, 5.41) is 14.5. The van der Waals surface area contributed by atoms with Crippen LogP contribution in [0.15, 0.2) is 52.8 Å². The first-order valence-corrected chi connectivity index (χ1v) is 11.8. The summed E-state index contributed by atoms with van der Waals surface area (Å²) in [5.41, 5.74) is 1.81. The molecule has 2 aromatic carbocycles. The van der Waals surface area contributed by atoms with E-state index >= 15 is 0 Å². The summed E-state index contributed by atoms with van der Waals surface area (Å²) < 4.78 is 1.99. The van der Waals surface area contributed by atoms with Crippen LogP contribution >= 0.6 is 34.5 Å². The zero-order valence-electron chi connectivity index (χ0n) is 17.0. The molecule has 10 heteroatoms. The zero-order valence-corrected chi connectivity index (χ0v) is 19.4. The van der Waals surface area contributed by atoms with Crippen LogP contribution in [0.3, 0.4) is 0 Å². The molecule has 1 saturated heterocycles. The van der Waals surface area contributed by atoms with Crippen LogP contribution in [0.5, 0.6) is 0 Å². The van der Waals surface area contributed by atoms with Gasteiger partial charge in [0.1, 0.15) is 5.69 Å². The number of amides is 1. The van der Waals surface area contributed by atoms with Crippen molar-refractivity contribution >= 4 is 51.8 Å². The summed E-state index contributed by atoms with van der Waals surface area (Å²) in [6, 6.07) is 11.6. The zero-order chi connectivity index (χ0) is 22.7. The molecular formula is C22H20Cl2N4O3S. The maximum atomic E-state index is 12.0. The van der Waals surface area contributed by atoms with E-state index in [4.69, 9.17) is 23.2 Å². The molecule has 0 radical (unpaired) electrons.